The van der Waals surface area contributed by atoms with Crippen molar-refractivity contribution in [2.45, 2.75) is 26.7 Å². The molecule has 15 heavy (non-hydrogen) atoms. The van der Waals surface area contributed by atoms with Gasteiger partial charge in [-0.3, -0.25) is 0 Å². The Balaban J connectivity index is 2.94. The van der Waals surface area contributed by atoms with Gasteiger partial charge in [-0.15, -0.1) is 0 Å². The Labute approximate surface area is 94.6 Å². The largest absolute Gasteiger partial charge is 0.373 e. The van der Waals surface area contributed by atoms with Crippen LogP contribution in [-0.4, -0.2) is 18.0 Å². The average molecular weight is 229 g/mol. The van der Waals surface area contributed by atoms with Crippen LogP contribution in [0.3, 0.4) is 0 Å². The predicted molar refractivity (Wildman–Crippen MR) is 58.8 cm³/mol. The van der Waals surface area contributed by atoms with Crippen LogP contribution in [0.15, 0.2) is 22.1 Å². The number of halogens is 2. The zero-order chi connectivity index (χ0) is 11.4. The first-order chi connectivity index (χ1) is 7.07. The van der Waals surface area contributed by atoms with Crippen LogP contribution in [0.5, 0.6) is 0 Å². The molecular formula is C11H14ClFN2. The maximum Gasteiger partial charge on any atom is 0.147 e. The topological polar surface area (TPSA) is 27.0 Å². The standard InChI is InChI=1S/C11H14ClFN2/c1-8(10(12)7-14)11(13)9(2)15-5-3-4-6-15/h3-6H2,1-2H3/b10-8+,11-9-. The van der Waals surface area contributed by atoms with Gasteiger partial charge in [-0.2, -0.15) is 5.26 Å². The van der Waals surface area contributed by atoms with Gasteiger partial charge in [-0.1, -0.05) is 11.6 Å². The van der Waals surface area contributed by atoms with E-state index in [1.54, 1.807) is 13.0 Å². The van der Waals surface area contributed by atoms with E-state index in [4.69, 9.17) is 16.9 Å². The first-order valence-electron chi connectivity index (χ1n) is 4.96. The Kier molecular flexibility index (Phi) is 4.16. The number of nitrogens with zero attached hydrogens (tertiary/aromatic N) is 2. The molecule has 0 saturated carbocycles. The minimum absolute atomic E-state index is 0.0777. The lowest BCUT2D eigenvalue weighted by molar-refractivity contribution is 0.406. The molecule has 1 saturated heterocycles. The number of nitriles is 1. The predicted octanol–water partition coefficient (Wildman–Crippen LogP) is 3.32. The third kappa shape index (κ3) is 2.73. The van der Waals surface area contributed by atoms with Crippen LogP contribution in [-0.2, 0) is 0 Å². The quantitative estimate of drug-likeness (QED) is 0.536. The summed E-state index contributed by atoms with van der Waals surface area (Å²) in [5, 5.41) is 8.48. The van der Waals surface area contributed by atoms with Gasteiger partial charge in [0.15, 0.2) is 0 Å². The fraction of sp³-hybridized carbons (Fsp3) is 0.545. The smallest absolute Gasteiger partial charge is 0.147 e. The molecule has 0 aliphatic carbocycles. The summed E-state index contributed by atoms with van der Waals surface area (Å²) in [5.41, 5.74) is 0.807. The van der Waals surface area contributed by atoms with E-state index < -0.39 is 0 Å². The van der Waals surface area contributed by atoms with Crippen LogP contribution < -0.4 is 0 Å². The van der Waals surface area contributed by atoms with E-state index in [1.165, 1.54) is 6.92 Å². The molecule has 4 heteroatoms. The Hall–Kier alpha value is -1.01. The number of hydrogen-bond donors (Lipinski definition) is 0. The summed E-state index contributed by atoms with van der Waals surface area (Å²) in [6, 6.07) is 1.74. The molecule has 0 bridgehead atoms. The van der Waals surface area contributed by atoms with E-state index in [0.29, 0.717) is 5.70 Å². The Morgan fingerprint density at radius 3 is 2.33 bits per heavy atom. The monoisotopic (exact) mass is 228 g/mol. The minimum atomic E-state index is -0.372. The van der Waals surface area contributed by atoms with E-state index in [2.05, 4.69) is 0 Å². The van der Waals surface area contributed by atoms with E-state index in [9.17, 15) is 4.39 Å². The highest BCUT2D eigenvalue weighted by atomic mass is 35.5. The highest BCUT2D eigenvalue weighted by Crippen LogP contribution is 2.25. The second-order valence-corrected chi connectivity index (χ2v) is 4.02. The summed E-state index contributed by atoms with van der Waals surface area (Å²) in [5.74, 6) is -0.372. The van der Waals surface area contributed by atoms with Crippen molar-refractivity contribution in [1.82, 2.24) is 4.90 Å². The van der Waals surface area contributed by atoms with E-state index in [1.807, 2.05) is 4.90 Å². The zero-order valence-electron chi connectivity index (χ0n) is 8.98. The molecule has 82 valence electrons. The summed E-state index contributed by atoms with van der Waals surface area (Å²) in [6.45, 7) is 5.03. The van der Waals surface area contributed by atoms with E-state index in [-0.39, 0.29) is 16.4 Å². The van der Waals surface area contributed by atoms with Crippen LogP contribution in [0.2, 0.25) is 0 Å². The van der Waals surface area contributed by atoms with Crippen molar-refractivity contribution in [1.29, 1.82) is 5.26 Å². The maximum atomic E-state index is 13.8. The first-order valence-corrected chi connectivity index (χ1v) is 5.34. The molecule has 0 aromatic heterocycles. The van der Waals surface area contributed by atoms with Gasteiger partial charge < -0.3 is 4.90 Å². The molecule has 1 aliphatic rings. The zero-order valence-corrected chi connectivity index (χ0v) is 9.73. The highest BCUT2D eigenvalue weighted by Gasteiger charge is 2.17. The molecule has 1 aliphatic heterocycles. The van der Waals surface area contributed by atoms with E-state index >= 15 is 0 Å². The van der Waals surface area contributed by atoms with Crippen molar-refractivity contribution in [3.8, 4) is 6.07 Å². The summed E-state index contributed by atoms with van der Waals surface area (Å²) < 4.78 is 13.8. The molecule has 1 heterocycles. The molecule has 2 nitrogen and oxygen atoms in total. The second-order valence-electron chi connectivity index (χ2n) is 3.64. The van der Waals surface area contributed by atoms with Gasteiger partial charge in [0, 0.05) is 24.4 Å². The minimum Gasteiger partial charge on any atom is -0.373 e. The van der Waals surface area contributed by atoms with Crippen molar-refractivity contribution in [3.05, 3.63) is 22.1 Å². The van der Waals surface area contributed by atoms with Crippen LogP contribution in [0.25, 0.3) is 0 Å². The fourth-order valence-corrected chi connectivity index (χ4v) is 1.73. The highest BCUT2D eigenvalue weighted by molar-refractivity contribution is 6.32. The van der Waals surface area contributed by atoms with Gasteiger partial charge in [-0.05, 0) is 26.7 Å². The van der Waals surface area contributed by atoms with Gasteiger partial charge in [-0.25, -0.2) is 4.39 Å². The lowest BCUT2D eigenvalue weighted by atomic mass is 10.2. The van der Waals surface area contributed by atoms with Crippen molar-refractivity contribution in [2.75, 3.05) is 13.1 Å². The lowest BCUT2D eigenvalue weighted by Gasteiger charge is -2.19. The third-order valence-corrected chi connectivity index (χ3v) is 3.02. The van der Waals surface area contributed by atoms with Gasteiger partial charge in [0.1, 0.15) is 16.9 Å². The van der Waals surface area contributed by atoms with Gasteiger partial charge in [0.2, 0.25) is 0 Å². The molecule has 0 N–H and O–H groups in total. The fourth-order valence-electron chi connectivity index (χ4n) is 1.64. The normalized spacial score (nSPS) is 19.5. The molecule has 0 unspecified atom stereocenters. The molecule has 1 fully saturated rings. The van der Waals surface area contributed by atoms with Crippen LogP contribution in [0.1, 0.15) is 26.7 Å². The van der Waals surface area contributed by atoms with E-state index in [0.717, 1.165) is 25.9 Å². The summed E-state index contributed by atoms with van der Waals surface area (Å²) in [4.78, 5) is 1.99. The van der Waals surface area contributed by atoms with Crippen molar-refractivity contribution < 1.29 is 4.39 Å². The number of likely N-dealkylation sites (tertiary alicyclic amines) is 1. The molecule has 0 spiro atoms. The molecule has 1 rings (SSSR count). The summed E-state index contributed by atoms with van der Waals surface area (Å²) in [6.07, 6.45) is 2.19. The van der Waals surface area contributed by atoms with Crippen LogP contribution in [0.4, 0.5) is 4.39 Å². The van der Waals surface area contributed by atoms with Gasteiger partial charge >= 0.3 is 0 Å². The summed E-state index contributed by atoms with van der Waals surface area (Å²) >= 11 is 5.59. The molecular weight excluding hydrogens is 215 g/mol. The van der Waals surface area contributed by atoms with Crippen molar-refractivity contribution >= 4 is 11.6 Å². The third-order valence-electron chi connectivity index (χ3n) is 2.65. The second kappa shape index (κ2) is 5.18. The Bertz CT molecular complexity index is 346. The van der Waals surface area contributed by atoms with Crippen molar-refractivity contribution in [2.24, 2.45) is 0 Å². The molecule has 0 amide bonds. The first kappa shape index (κ1) is 12.1. The number of allylic oxidation sites excluding steroid dienone is 4. The SMILES string of the molecule is C/C(=C(F)\C(C)=C(\Cl)C#N)N1CCCC1. The maximum absolute atomic E-state index is 13.8. The van der Waals surface area contributed by atoms with Crippen LogP contribution >= 0.6 is 11.6 Å². The number of hydrogen-bond acceptors (Lipinski definition) is 2. The molecule has 0 radical (unpaired) electrons. The average Bonchev–Trinajstić information content (AvgIpc) is 2.78. The summed E-state index contributed by atoms with van der Waals surface area (Å²) in [7, 11) is 0. The Morgan fingerprint density at radius 2 is 1.87 bits per heavy atom. The lowest BCUT2D eigenvalue weighted by Crippen LogP contribution is -2.17. The van der Waals surface area contributed by atoms with Gasteiger partial charge in [0.25, 0.3) is 0 Å². The molecule has 0 atom stereocenters. The Morgan fingerprint density at radius 1 is 1.33 bits per heavy atom. The molecule has 0 aromatic carbocycles. The number of rotatable bonds is 2. The van der Waals surface area contributed by atoms with Gasteiger partial charge in [0.05, 0.1) is 0 Å². The molecule has 0 aromatic rings. The van der Waals surface area contributed by atoms with Crippen molar-refractivity contribution in [3.63, 3.8) is 0 Å². The van der Waals surface area contributed by atoms with Crippen LogP contribution in [0, 0.1) is 11.3 Å².